The lowest BCUT2D eigenvalue weighted by Crippen LogP contribution is -2.22. The van der Waals surface area contributed by atoms with Crippen molar-refractivity contribution in [1.82, 2.24) is 0 Å². The van der Waals surface area contributed by atoms with Crippen molar-refractivity contribution in [1.29, 1.82) is 0 Å². The highest BCUT2D eigenvalue weighted by Crippen LogP contribution is 2.25. The van der Waals surface area contributed by atoms with Gasteiger partial charge in [-0.3, -0.25) is 0 Å². The molecule has 2 aromatic carbocycles. The highest BCUT2D eigenvalue weighted by molar-refractivity contribution is 7.80. The van der Waals surface area contributed by atoms with Gasteiger partial charge in [0.15, 0.2) is 0 Å². The van der Waals surface area contributed by atoms with Crippen molar-refractivity contribution in [2.24, 2.45) is 5.73 Å². The minimum Gasteiger partial charge on any atom is -0.389 e. The van der Waals surface area contributed by atoms with Crippen molar-refractivity contribution in [3.63, 3.8) is 0 Å². The molecule has 1 atom stereocenters. The zero-order chi connectivity index (χ0) is 13.8. The molecule has 1 unspecified atom stereocenters. The fraction of sp³-hybridized carbons (Fsp3) is 0.188. The molecule has 2 N–H and O–H groups in total. The van der Waals surface area contributed by atoms with Crippen LogP contribution in [0.1, 0.15) is 24.1 Å². The number of rotatable bonds is 4. The average molecular weight is 270 g/mol. The standard InChI is InChI=1S/C16H18N2S/c1-12(13-7-4-3-5-8-13)18(2)15-10-6-9-14(11-15)16(17)19/h3-12H,1-2H3,(H2,17,19). The van der Waals surface area contributed by atoms with Crippen LogP contribution < -0.4 is 10.6 Å². The molecule has 0 heterocycles. The van der Waals surface area contributed by atoms with Crippen LogP contribution in [0.25, 0.3) is 0 Å². The number of hydrogen-bond acceptors (Lipinski definition) is 2. The van der Waals surface area contributed by atoms with Crippen LogP contribution in [0.3, 0.4) is 0 Å². The van der Waals surface area contributed by atoms with Crippen LogP contribution in [-0.4, -0.2) is 12.0 Å². The summed E-state index contributed by atoms with van der Waals surface area (Å²) < 4.78 is 0. The van der Waals surface area contributed by atoms with E-state index in [4.69, 9.17) is 18.0 Å². The van der Waals surface area contributed by atoms with Crippen LogP contribution in [-0.2, 0) is 0 Å². The van der Waals surface area contributed by atoms with Gasteiger partial charge < -0.3 is 10.6 Å². The van der Waals surface area contributed by atoms with Gasteiger partial charge in [-0.1, -0.05) is 54.7 Å². The summed E-state index contributed by atoms with van der Waals surface area (Å²) in [6, 6.07) is 18.7. The second-order valence-electron chi connectivity index (χ2n) is 4.61. The second kappa shape index (κ2) is 5.85. The van der Waals surface area contributed by atoms with Gasteiger partial charge in [0.1, 0.15) is 4.99 Å². The normalized spacial score (nSPS) is 11.9. The van der Waals surface area contributed by atoms with Gasteiger partial charge in [0.05, 0.1) is 6.04 Å². The molecule has 0 saturated carbocycles. The maximum absolute atomic E-state index is 5.68. The Morgan fingerprint density at radius 3 is 2.42 bits per heavy atom. The number of thiocarbonyl (C=S) groups is 1. The molecule has 0 radical (unpaired) electrons. The molecule has 0 saturated heterocycles. The second-order valence-corrected chi connectivity index (χ2v) is 5.05. The molecular formula is C16H18N2S. The third kappa shape index (κ3) is 3.12. The summed E-state index contributed by atoms with van der Waals surface area (Å²) in [7, 11) is 2.08. The van der Waals surface area contributed by atoms with Gasteiger partial charge in [-0.15, -0.1) is 0 Å². The number of benzene rings is 2. The van der Waals surface area contributed by atoms with Gasteiger partial charge >= 0.3 is 0 Å². The fourth-order valence-electron chi connectivity index (χ4n) is 2.06. The first-order chi connectivity index (χ1) is 9.09. The summed E-state index contributed by atoms with van der Waals surface area (Å²) in [6.45, 7) is 2.18. The Morgan fingerprint density at radius 2 is 1.79 bits per heavy atom. The lowest BCUT2D eigenvalue weighted by Gasteiger charge is -2.27. The molecule has 2 rings (SSSR count). The van der Waals surface area contributed by atoms with E-state index in [1.165, 1.54) is 5.56 Å². The van der Waals surface area contributed by atoms with Crippen LogP contribution in [0.4, 0.5) is 5.69 Å². The van der Waals surface area contributed by atoms with Gasteiger partial charge in [0.2, 0.25) is 0 Å². The molecule has 19 heavy (non-hydrogen) atoms. The molecular weight excluding hydrogens is 252 g/mol. The molecule has 0 bridgehead atoms. The Kier molecular flexibility index (Phi) is 4.17. The van der Waals surface area contributed by atoms with Gasteiger partial charge in [-0.05, 0) is 24.6 Å². The highest BCUT2D eigenvalue weighted by atomic mass is 32.1. The van der Waals surface area contributed by atoms with Crippen molar-refractivity contribution in [2.45, 2.75) is 13.0 Å². The number of nitrogens with zero attached hydrogens (tertiary/aromatic N) is 1. The molecule has 0 aromatic heterocycles. The van der Waals surface area contributed by atoms with Crippen molar-refractivity contribution < 1.29 is 0 Å². The lowest BCUT2D eigenvalue weighted by molar-refractivity contribution is 0.740. The quantitative estimate of drug-likeness (QED) is 0.862. The van der Waals surface area contributed by atoms with E-state index in [-0.39, 0.29) is 0 Å². The summed E-state index contributed by atoms with van der Waals surface area (Å²) in [5.41, 5.74) is 8.98. The van der Waals surface area contributed by atoms with Gasteiger partial charge in [0.25, 0.3) is 0 Å². The minimum absolute atomic E-state index is 0.294. The first kappa shape index (κ1) is 13.6. The molecule has 0 spiro atoms. The topological polar surface area (TPSA) is 29.3 Å². The van der Waals surface area contributed by atoms with E-state index in [0.29, 0.717) is 11.0 Å². The first-order valence-corrected chi connectivity index (χ1v) is 6.68. The Balaban J connectivity index is 2.26. The Hall–Kier alpha value is -1.87. The maximum atomic E-state index is 5.68. The van der Waals surface area contributed by atoms with Crippen LogP contribution in [0.15, 0.2) is 54.6 Å². The van der Waals surface area contributed by atoms with Crippen LogP contribution in [0.5, 0.6) is 0 Å². The Bertz CT molecular complexity index is 566. The van der Waals surface area contributed by atoms with E-state index >= 15 is 0 Å². The molecule has 0 fully saturated rings. The number of nitrogens with two attached hydrogens (primary N) is 1. The molecule has 3 heteroatoms. The van der Waals surface area contributed by atoms with Crippen LogP contribution in [0.2, 0.25) is 0 Å². The largest absolute Gasteiger partial charge is 0.389 e. The molecule has 0 aliphatic rings. The summed E-state index contributed by atoms with van der Waals surface area (Å²) in [6.07, 6.45) is 0. The average Bonchev–Trinajstić information content (AvgIpc) is 2.46. The van der Waals surface area contributed by atoms with Crippen molar-refractivity contribution >= 4 is 22.9 Å². The van der Waals surface area contributed by atoms with E-state index in [1.807, 2.05) is 24.3 Å². The molecule has 2 aromatic rings. The fourth-order valence-corrected chi connectivity index (χ4v) is 2.18. The third-order valence-electron chi connectivity index (χ3n) is 3.40. The van der Waals surface area contributed by atoms with E-state index < -0.39 is 0 Å². The first-order valence-electron chi connectivity index (χ1n) is 6.27. The molecule has 0 aliphatic heterocycles. The molecule has 0 amide bonds. The monoisotopic (exact) mass is 270 g/mol. The Labute approximate surface area is 119 Å². The maximum Gasteiger partial charge on any atom is 0.104 e. The van der Waals surface area contributed by atoms with Crippen molar-refractivity contribution in [3.8, 4) is 0 Å². The Morgan fingerprint density at radius 1 is 1.11 bits per heavy atom. The van der Waals surface area contributed by atoms with E-state index in [1.54, 1.807) is 0 Å². The summed E-state index contributed by atoms with van der Waals surface area (Å²) in [5, 5.41) is 0. The number of anilines is 1. The smallest absolute Gasteiger partial charge is 0.104 e. The molecule has 0 aliphatic carbocycles. The van der Waals surface area contributed by atoms with E-state index in [9.17, 15) is 0 Å². The summed E-state index contributed by atoms with van der Waals surface area (Å²) >= 11 is 5.03. The molecule has 98 valence electrons. The summed E-state index contributed by atoms with van der Waals surface area (Å²) in [4.78, 5) is 2.65. The molecule has 2 nitrogen and oxygen atoms in total. The van der Waals surface area contributed by atoms with Crippen LogP contribution in [0, 0.1) is 0 Å². The summed E-state index contributed by atoms with van der Waals surface area (Å²) in [5.74, 6) is 0. The van der Waals surface area contributed by atoms with Crippen molar-refractivity contribution in [3.05, 3.63) is 65.7 Å². The lowest BCUT2D eigenvalue weighted by atomic mass is 10.1. The van der Waals surface area contributed by atoms with Gasteiger partial charge in [-0.2, -0.15) is 0 Å². The van der Waals surface area contributed by atoms with E-state index in [0.717, 1.165) is 11.3 Å². The minimum atomic E-state index is 0.294. The SMILES string of the molecule is CC(c1ccccc1)N(C)c1cccc(C(N)=S)c1. The van der Waals surface area contributed by atoms with Crippen LogP contribution >= 0.6 is 12.2 Å². The van der Waals surface area contributed by atoms with Gasteiger partial charge in [-0.25, -0.2) is 0 Å². The van der Waals surface area contributed by atoms with Gasteiger partial charge in [0, 0.05) is 18.3 Å². The van der Waals surface area contributed by atoms with E-state index in [2.05, 4.69) is 49.2 Å². The predicted octanol–water partition coefficient (Wildman–Crippen LogP) is 3.52. The van der Waals surface area contributed by atoms with Crippen molar-refractivity contribution in [2.75, 3.05) is 11.9 Å². The third-order valence-corrected chi connectivity index (χ3v) is 3.64. The zero-order valence-corrected chi connectivity index (χ0v) is 12.0. The predicted molar refractivity (Wildman–Crippen MR) is 85.6 cm³/mol. The zero-order valence-electron chi connectivity index (χ0n) is 11.2. The number of hydrogen-bond donors (Lipinski definition) is 1. The highest BCUT2D eigenvalue weighted by Gasteiger charge is 2.12.